The van der Waals surface area contributed by atoms with Crippen LogP contribution in [0.15, 0.2) is 75.2 Å². The molecular formula is C23H15Br2FN2O3. The number of hydrogen-bond donors (Lipinski definition) is 2. The molecule has 31 heavy (non-hydrogen) atoms. The highest BCUT2D eigenvalue weighted by Gasteiger charge is 2.14. The zero-order valence-corrected chi connectivity index (χ0v) is 19.1. The van der Waals surface area contributed by atoms with Gasteiger partial charge in [0, 0.05) is 15.7 Å². The van der Waals surface area contributed by atoms with Crippen molar-refractivity contribution >= 4 is 49.5 Å². The summed E-state index contributed by atoms with van der Waals surface area (Å²) in [4.78, 5) is 12.6. The summed E-state index contributed by atoms with van der Waals surface area (Å²) in [6.07, 6.45) is 1.42. The molecule has 0 aliphatic carbocycles. The molecule has 0 unspecified atom stereocenters. The Balaban J connectivity index is 1.87. The van der Waals surface area contributed by atoms with E-state index in [1.54, 1.807) is 24.3 Å². The number of amides is 1. The standard InChI is InChI=1S/C23H15Br2FN2O3/c24-17-10-15(9-16(12-27)23(30)28-19-5-7-20(29)8-6-19)22(21(25)11-17)31-13-14-1-3-18(26)4-2-14/h1-11,29H,13H2,(H,28,30)/b16-9+. The zero-order valence-electron chi connectivity index (χ0n) is 15.9. The smallest absolute Gasteiger partial charge is 0.266 e. The first-order valence-corrected chi connectivity index (χ1v) is 10.5. The zero-order chi connectivity index (χ0) is 22.4. The Hall–Kier alpha value is -3.15. The quantitative estimate of drug-likeness (QED) is 0.220. The van der Waals surface area contributed by atoms with Crippen LogP contribution in [-0.4, -0.2) is 11.0 Å². The number of nitrogens with one attached hydrogen (secondary N) is 1. The third kappa shape index (κ3) is 6.17. The highest BCUT2D eigenvalue weighted by molar-refractivity contribution is 9.11. The fourth-order valence-corrected chi connectivity index (χ4v) is 4.00. The number of anilines is 1. The molecule has 0 saturated heterocycles. The first kappa shape index (κ1) is 22.5. The molecule has 156 valence electrons. The monoisotopic (exact) mass is 544 g/mol. The van der Waals surface area contributed by atoms with E-state index in [0.29, 0.717) is 21.5 Å². The second-order valence-electron chi connectivity index (χ2n) is 6.39. The van der Waals surface area contributed by atoms with Crippen molar-refractivity contribution in [3.8, 4) is 17.6 Å². The Kier molecular flexibility index (Phi) is 7.45. The number of ether oxygens (including phenoxy) is 1. The van der Waals surface area contributed by atoms with Crippen molar-refractivity contribution in [3.05, 3.63) is 92.1 Å². The maximum atomic E-state index is 13.1. The molecule has 0 spiro atoms. The molecule has 3 aromatic carbocycles. The van der Waals surface area contributed by atoms with Gasteiger partial charge in [-0.1, -0.05) is 28.1 Å². The van der Waals surface area contributed by atoms with Crippen LogP contribution < -0.4 is 10.1 Å². The van der Waals surface area contributed by atoms with E-state index in [0.717, 1.165) is 10.0 Å². The van der Waals surface area contributed by atoms with Crippen LogP contribution in [0.5, 0.6) is 11.5 Å². The summed E-state index contributed by atoms with van der Waals surface area (Å²) >= 11 is 6.84. The summed E-state index contributed by atoms with van der Waals surface area (Å²) < 4.78 is 20.4. The number of carbonyl (C=O) groups excluding carboxylic acids is 1. The van der Waals surface area contributed by atoms with Gasteiger partial charge in [-0.15, -0.1) is 0 Å². The maximum Gasteiger partial charge on any atom is 0.266 e. The largest absolute Gasteiger partial charge is 0.508 e. The van der Waals surface area contributed by atoms with E-state index in [1.807, 2.05) is 6.07 Å². The summed E-state index contributed by atoms with van der Waals surface area (Å²) in [5.74, 6) is -0.446. The van der Waals surface area contributed by atoms with Crippen LogP contribution >= 0.6 is 31.9 Å². The van der Waals surface area contributed by atoms with Gasteiger partial charge in [-0.2, -0.15) is 5.26 Å². The van der Waals surface area contributed by atoms with E-state index in [4.69, 9.17) is 4.74 Å². The van der Waals surface area contributed by atoms with E-state index >= 15 is 0 Å². The highest BCUT2D eigenvalue weighted by Crippen LogP contribution is 2.35. The average molecular weight is 546 g/mol. The number of phenolic OH excluding ortho intramolecular Hbond substituents is 1. The lowest BCUT2D eigenvalue weighted by Gasteiger charge is -2.13. The lowest BCUT2D eigenvalue weighted by molar-refractivity contribution is -0.112. The molecule has 1 amide bonds. The summed E-state index contributed by atoms with van der Waals surface area (Å²) in [5, 5.41) is 21.5. The molecule has 8 heteroatoms. The number of nitriles is 1. The third-order valence-electron chi connectivity index (χ3n) is 4.12. The minimum absolute atomic E-state index is 0.0657. The normalized spacial score (nSPS) is 11.0. The number of phenols is 1. The summed E-state index contributed by atoms with van der Waals surface area (Å²) in [6.45, 7) is 0.170. The molecule has 3 rings (SSSR count). The van der Waals surface area contributed by atoms with Crippen molar-refractivity contribution in [2.75, 3.05) is 5.32 Å². The lowest BCUT2D eigenvalue weighted by Crippen LogP contribution is -2.13. The molecule has 0 aliphatic heterocycles. The van der Waals surface area contributed by atoms with Gasteiger partial charge in [-0.3, -0.25) is 4.79 Å². The van der Waals surface area contributed by atoms with Gasteiger partial charge in [0.25, 0.3) is 5.91 Å². The first-order valence-electron chi connectivity index (χ1n) is 8.94. The Bertz CT molecular complexity index is 1170. The van der Waals surface area contributed by atoms with Crippen molar-refractivity contribution in [3.63, 3.8) is 0 Å². The molecule has 0 aromatic heterocycles. The highest BCUT2D eigenvalue weighted by atomic mass is 79.9. The van der Waals surface area contributed by atoms with Gasteiger partial charge in [0.1, 0.15) is 35.6 Å². The number of nitrogens with zero attached hydrogens (tertiary/aromatic N) is 1. The van der Waals surface area contributed by atoms with E-state index in [9.17, 15) is 19.6 Å². The van der Waals surface area contributed by atoms with Crippen LogP contribution in [0.2, 0.25) is 0 Å². The summed E-state index contributed by atoms with van der Waals surface area (Å²) in [5.41, 5.74) is 1.56. The van der Waals surface area contributed by atoms with Crippen molar-refractivity contribution in [1.82, 2.24) is 0 Å². The minimum Gasteiger partial charge on any atom is -0.508 e. The number of halogens is 3. The van der Waals surface area contributed by atoms with Crippen molar-refractivity contribution in [1.29, 1.82) is 5.26 Å². The van der Waals surface area contributed by atoms with Crippen LogP contribution in [0, 0.1) is 17.1 Å². The predicted octanol–water partition coefficient (Wildman–Crippen LogP) is 6.18. The SMILES string of the molecule is N#C/C(=C\c1cc(Br)cc(Br)c1OCc1ccc(F)cc1)C(=O)Nc1ccc(O)cc1. The number of rotatable bonds is 6. The van der Waals surface area contributed by atoms with Crippen LogP contribution in [0.1, 0.15) is 11.1 Å². The number of benzene rings is 3. The van der Waals surface area contributed by atoms with Gasteiger partial charge in [-0.05, 0) is 76.1 Å². The average Bonchev–Trinajstić information content (AvgIpc) is 2.74. The maximum absolute atomic E-state index is 13.1. The Morgan fingerprint density at radius 2 is 1.81 bits per heavy atom. The van der Waals surface area contributed by atoms with E-state index in [2.05, 4.69) is 37.2 Å². The Morgan fingerprint density at radius 3 is 2.45 bits per heavy atom. The Labute approximate surface area is 195 Å². The molecular weight excluding hydrogens is 531 g/mol. The van der Waals surface area contributed by atoms with Crippen molar-refractivity contribution in [2.45, 2.75) is 6.61 Å². The van der Waals surface area contributed by atoms with Crippen molar-refractivity contribution in [2.24, 2.45) is 0 Å². The molecule has 0 bridgehead atoms. The molecule has 0 fully saturated rings. The van der Waals surface area contributed by atoms with Crippen LogP contribution in [0.4, 0.5) is 10.1 Å². The third-order valence-corrected chi connectivity index (χ3v) is 5.17. The molecule has 5 nitrogen and oxygen atoms in total. The number of aromatic hydroxyl groups is 1. The summed E-state index contributed by atoms with van der Waals surface area (Å²) in [7, 11) is 0. The van der Waals surface area contributed by atoms with E-state index in [1.165, 1.54) is 42.5 Å². The summed E-state index contributed by atoms with van der Waals surface area (Å²) in [6, 6.07) is 17.2. The topological polar surface area (TPSA) is 82.3 Å². The molecule has 0 radical (unpaired) electrons. The van der Waals surface area contributed by atoms with E-state index < -0.39 is 5.91 Å². The lowest BCUT2D eigenvalue weighted by atomic mass is 10.1. The van der Waals surface area contributed by atoms with Crippen molar-refractivity contribution < 1.29 is 19.0 Å². The second kappa shape index (κ2) is 10.2. The first-order chi connectivity index (χ1) is 14.9. The second-order valence-corrected chi connectivity index (χ2v) is 8.16. The van der Waals surface area contributed by atoms with Crippen LogP contribution in [-0.2, 0) is 11.4 Å². The number of carbonyl (C=O) groups is 1. The molecule has 0 aliphatic rings. The minimum atomic E-state index is -0.603. The fourth-order valence-electron chi connectivity index (χ4n) is 2.62. The molecule has 0 atom stereocenters. The number of hydrogen-bond acceptors (Lipinski definition) is 4. The fraction of sp³-hybridized carbons (Fsp3) is 0.0435. The van der Waals surface area contributed by atoms with Gasteiger partial charge >= 0.3 is 0 Å². The molecule has 0 saturated carbocycles. The van der Waals surface area contributed by atoms with Gasteiger partial charge in [0.15, 0.2) is 0 Å². The molecule has 0 heterocycles. The van der Waals surface area contributed by atoms with Crippen LogP contribution in [0.3, 0.4) is 0 Å². The molecule has 3 aromatic rings. The van der Waals surface area contributed by atoms with Gasteiger partial charge in [-0.25, -0.2) is 4.39 Å². The van der Waals surface area contributed by atoms with E-state index in [-0.39, 0.29) is 23.7 Å². The van der Waals surface area contributed by atoms with Gasteiger partial charge in [0.2, 0.25) is 0 Å². The predicted molar refractivity (Wildman–Crippen MR) is 123 cm³/mol. The van der Waals surface area contributed by atoms with Gasteiger partial charge < -0.3 is 15.2 Å². The Morgan fingerprint density at radius 1 is 1.13 bits per heavy atom. The van der Waals surface area contributed by atoms with Gasteiger partial charge in [0.05, 0.1) is 4.47 Å². The molecule has 2 N–H and O–H groups in total. The van der Waals surface area contributed by atoms with Crippen LogP contribution in [0.25, 0.3) is 6.08 Å².